The SMILES string of the molecule is CCOC(=O)C1CCC(CC=O)(c2ccc(OC)cc2)CC1. The second kappa shape index (κ2) is 7.43. The molecule has 1 fully saturated rings. The van der Waals surface area contributed by atoms with E-state index >= 15 is 0 Å². The Labute approximate surface area is 131 Å². The van der Waals surface area contributed by atoms with E-state index in [1.807, 2.05) is 31.2 Å². The molecule has 1 aliphatic rings. The Morgan fingerprint density at radius 1 is 1.27 bits per heavy atom. The van der Waals surface area contributed by atoms with Crippen LogP contribution in [-0.2, 0) is 19.7 Å². The predicted octanol–water partition coefficient (Wildman–Crippen LogP) is 3.28. The molecular weight excluding hydrogens is 280 g/mol. The van der Waals surface area contributed by atoms with E-state index < -0.39 is 0 Å². The largest absolute Gasteiger partial charge is 0.497 e. The molecular formula is C18H24O4. The van der Waals surface area contributed by atoms with E-state index in [9.17, 15) is 9.59 Å². The van der Waals surface area contributed by atoms with Gasteiger partial charge in [-0.2, -0.15) is 0 Å². The van der Waals surface area contributed by atoms with Gasteiger partial charge in [-0.25, -0.2) is 0 Å². The summed E-state index contributed by atoms with van der Waals surface area (Å²) >= 11 is 0. The van der Waals surface area contributed by atoms with Crippen LogP contribution >= 0.6 is 0 Å². The number of hydrogen-bond donors (Lipinski definition) is 0. The molecule has 0 spiro atoms. The van der Waals surface area contributed by atoms with Crippen LogP contribution in [0.15, 0.2) is 24.3 Å². The van der Waals surface area contributed by atoms with E-state index in [-0.39, 0.29) is 17.3 Å². The molecule has 4 heteroatoms. The lowest BCUT2D eigenvalue weighted by Crippen LogP contribution is -2.35. The van der Waals surface area contributed by atoms with E-state index in [1.165, 1.54) is 0 Å². The molecule has 22 heavy (non-hydrogen) atoms. The third kappa shape index (κ3) is 3.49. The molecule has 0 unspecified atom stereocenters. The van der Waals surface area contributed by atoms with Crippen molar-refractivity contribution in [3.63, 3.8) is 0 Å². The van der Waals surface area contributed by atoms with Crippen molar-refractivity contribution >= 4 is 12.3 Å². The van der Waals surface area contributed by atoms with E-state index in [1.54, 1.807) is 7.11 Å². The molecule has 0 saturated heterocycles. The quantitative estimate of drug-likeness (QED) is 0.598. The van der Waals surface area contributed by atoms with Gasteiger partial charge in [-0.05, 0) is 50.3 Å². The minimum Gasteiger partial charge on any atom is -0.497 e. The lowest BCUT2D eigenvalue weighted by Gasteiger charge is -2.39. The smallest absolute Gasteiger partial charge is 0.308 e. The van der Waals surface area contributed by atoms with E-state index in [4.69, 9.17) is 9.47 Å². The maximum Gasteiger partial charge on any atom is 0.308 e. The Kier molecular flexibility index (Phi) is 5.58. The molecule has 4 nitrogen and oxygen atoms in total. The molecule has 0 bridgehead atoms. The highest BCUT2D eigenvalue weighted by molar-refractivity contribution is 5.72. The first-order valence-electron chi connectivity index (χ1n) is 7.90. The minimum atomic E-state index is -0.156. The van der Waals surface area contributed by atoms with Crippen LogP contribution in [0.4, 0.5) is 0 Å². The summed E-state index contributed by atoms with van der Waals surface area (Å²) in [6, 6.07) is 7.93. The number of aldehydes is 1. The van der Waals surface area contributed by atoms with E-state index in [2.05, 4.69) is 0 Å². The van der Waals surface area contributed by atoms with E-state index in [0.29, 0.717) is 13.0 Å². The number of carbonyl (C=O) groups excluding carboxylic acids is 2. The van der Waals surface area contributed by atoms with Crippen molar-refractivity contribution in [3.05, 3.63) is 29.8 Å². The van der Waals surface area contributed by atoms with Crippen molar-refractivity contribution in [2.24, 2.45) is 5.92 Å². The van der Waals surface area contributed by atoms with Gasteiger partial charge in [0.2, 0.25) is 0 Å². The van der Waals surface area contributed by atoms with Crippen molar-refractivity contribution in [1.29, 1.82) is 0 Å². The van der Waals surface area contributed by atoms with Gasteiger partial charge in [0.05, 0.1) is 19.6 Å². The standard InChI is InChI=1S/C18H24O4/c1-3-22-17(20)14-8-10-18(11-9-14,12-13-19)15-4-6-16(21-2)7-5-15/h4-7,13-14H,3,8-12H2,1-2H3. The molecule has 0 amide bonds. The molecule has 2 rings (SSSR count). The third-order valence-electron chi connectivity index (χ3n) is 4.74. The Morgan fingerprint density at radius 2 is 1.91 bits per heavy atom. The predicted molar refractivity (Wildman–Crippen MR) is 83.9 cm³/mol. The van der Waals surface area contributed by atoms with Crippen LogP contribution in [0.2, 0.25) is 0 Å². The van der Waals surface area contributed by atoms with Crippen LogP contribution in [0.1, 0.15) is 44.6 Å². The van der Waals surface area contributed by atoms with Crippen LogP contribution in [0.5, 0.6) is 5.75 Å². The average molecular weight is 304 g/mol. The van der Waals surface area contributed by atoms with Crippen LogP contribution in [0, 0.1) is 5.92 Å². The first-order chi connectivity index (χ1) is 10.6. The van der Waals surface area contributed by atoms with Gasteiger partial charge in [-0.1, -0.05) is 12.1 Å². The third-order valence-corrected chi connectivity index (χ3v) is 4.74. The summed E-state index contributed by atoms with van der Waals surface area (Å²) in [6.45, 7) is 2.25. The van der Waals surface area contributed by atoms with Crippen molar-refractivity contribution in [2.75, 3.05) is 13.7 Å². The molecule has 0 N–H and O–H groups in total. The van der Waals surface area contributed by atoms with Crippen molar-refractivity contribution in [2.45, 2.75) is 44.4 Å². The molecule has 120 valence electrons. The fraction of sp³-hybridized carbons (Fsp3) is 0.556. The average Bonchev–Trinajstić information content (AvgIpc) is 2.56. The molecule has 0 radical (unpaired) electrons. The Hall–Kier alpha value is -1.84. The first kappa shape index (κ1) is 16.5. The van der Waals surface area contributed by atoms with Gasteiger partial charge in [-0.3, -0.25) is 4.79 Å². The van der Waals surface area contributed by atoms with Gasteiger partial charge in [0.15, 0.2) is 0 Å². The van der Waals surface area contributed by atoms with Crippen molar-refractivity contribution < 1.29 is 19.1 Å². The Bertz CT molecular complexity index is 498. The number of hydrogen-bond acceptors (Lipinski definition) is 4. The Morgan fingerprint density at radius 3 is 2.41 bits per heavy atom. The number of rotatable bonds is 6. The number of methoxy groups -OCH3 is 1. The van der Waals surface area contributed by atoms with Crippen LogP contribution in [0.3, 0.4) is 0 Å². The van der Waals surface area contributed by atoms with Gasteiger partial charge in [0.25, 0.3) is 0 Å². The molecule has 0 atom stereocenters. The summed E-state index contributed by atoms with van der Waals surface area (Å²) in [5.41, 5.74) is 1.000. The lowest BCUT2D eigenvalue weighted by molar-refractivity contribution is -0.149. The van der Waals surface area contributed by atoms with Gasteiger partial charge in [-0.15, -0.1) is 0 Å². The lowest BCUT2D eigenvalue weighted by atomic mass is 9.65. The maximum absolute atomic E-state index is 11.9. The molecule has 1 aromatic rings. The van der Waals surface area contributed by atoms with Crippen LogP contribution in [-0.4, -0.2) is 26.0 Å². The summed E-state index contributed by atoms with van der Waals surface area (Å²) in [5.74, 6) is 0.681. The second-order valence-electron chi connectivity index (χ2n) is 5.91. The molecule has 1 aliphatic carbocycles. The van der Waals surface area contributed by atoms with Crippen molar-refractivity contribution in [3.8, 4) is 5.75 Å². The Balaban J connectivity index is 2.13. The molecule has 0 aromatic heterocycles. The highest BCUT2D eigenvalue weighted by Crippen LogP contribution is 2.44. The summed E-state index contributed by atoms with van der Waals surface area (Å²) in [4.78, 5) is 23.1. The van der Waals surface area contributed by atoms with Gasteiger partial charge in [0.1, 0.15) is 12.0 Å². The molecule has 1 aromatic carbocycles. The van der Waals surface area contributed by atoms with Gasteiger partial charge in [0, 0.05) is 11.8 Å². The fourth-order valence-corrected chi connectivity index (χ4v) is 3.38. The molecule has 1 saturated carbocycles. The maximum atomic E-state index is 11.9. The number of benzene rings is 1. The monoisotopic (exact) mass is 304 g/mol. The van der Waals surface area contributed by atoms with Crippen LogP contribution < -0.4 is 4.74 Å². The van der Waals surface area contributed by atoms with Gasteiger partial charge < -0.3 is 14.3 Å². The topological polar surface area (TPSA) is 52.6 Å². The number of esters is 1. The molecule has 0 heterocycles. The van der Waals surface area contributed by atoms with Gasteiger partial charge >= 0.3 is 5.97 Å². The number of ether oxygens (including phenoxy) is 2. The summed E-state index contributed by atoms with van der Waals surface area (Å²) in [5, 5.41) is 0. The van der Waals surface area contributed by atoms with Crippen LogP contribution in [0.25, 0.3) is 0 Å². The number of carbonyl (C=O) groups is 2. The zero-order valence-electron chi connectivity index (χ0n) is 13.3. The summed E-state index contributed by atoms with van der Waals surface area (Å²) in [7, 11) is 1.64. The zero-order chi connectivity index (χ0) is 16.0. The summed E-state index contributed by atoms with van der Waals surface area (Å²) < 4.78 is 10.3. The second-order valence-corrected chi connectivity index (χ2v) is 5.91. The minimum absolute atomic E-state index is 0.0297. The highest BCUT2D eigenvalue weighted by atomic mass is 16.5. The zero-order valence-corrected chi connectivity index (χ0v) is 13.3. The highest BCUT2D eigenvalue weighted by Gasteiger charge is 2.38. The fourth-order valence-electron chi connectivity index (χ4n) is 3.38. The first-order valence-corrected chi connectivity index (χ1v) is 7.90. The summed E-state index contributed by atoms with van der Waals surface area (Å²) in [6.07, 6.45) is 4.71. The normalized spacial score (nSPS) is 24.5. The van der Waals surface area contributed by atoms with Crippen molar-refractivity contribution in [1.82, 2.24) is 0 Å². The van der Waals surface area contributed by atoms with E-state index in [0.717, 1.165) is 43.3 Å². The molecule has 0 aliphatic heterocycles.